The van der Waals surface area contributed by atoms with E-state index in [0.717, 1.165) is 25.5 Å². The molecule has 1 aromatic carbocycles. The lowest BCUT2D eigenvalue weighted by atomic mass is 10.2. The molecule has 1 aliphatic rings. The summed E-state index contributed by atoms with van der Waals surface area (Å²) in [4.78, 5) is 47.8. The first-order chi connectivity index (χ1) is 21.9. The lowest BCUT2D eigenvalue weighted by Crippen LogP contribution is -2.18. The van der Waals surface area contributed by atoms with Crippen molar-refractivity contribution >= 4 is 35.8 Å². The van der Waals surface area contributed by atoms with Gasteiger partial charge in [0.25, 0.3) is 0 Å². The molecule has 0 unspecified atom stereocenters. The fourth-order valence-corrected chi connectivity index (χ4v) is 2.27. The van der Waals surface area contributed by atoms with Gasteiger partial charge >= 0.3 is 5.97 Å². The van der Waals surface area contributed by atoms with Crippen LogP contribution in [0.3, 0.4) is 0 Å². The summed E-state index contributed by atoms with van der Waals surface area (Å²) in [6.45, 7) is 30.4. The van der Waals surface area contributed by atoms with Crippen molar-refractivity contribution in [3.8, 4) is 0 Å². The monoisotopic (exact) mass is 715 g/mol. The maximum absolute atomic E-state index is 10.7. The molecule has 0 saturated carbocycles. The van der Waals surface area contributed by atoms with Gasteiger partial charge in [-0.3, -0.25) is 14.4 Å². The minimum Gasteiger partial charge on any atom is -0.463 e. The molecule has 3 rings (SSSR count). The normalized spacial score (nSPS) is 8.80. The van der Waals surface area contributed by atoms with E-state index in [9.17, 15) is 19.2 Å². The molecule has 2 heterocycles. The zero-order chi connectivity index (χ0) is 36.2. The molecule has 0 radical (unpaired) electrons. The lowest BCUT2D eigenvalue weighted by molar-refractivity contribution is -0.137. The number of allylic oxidation sites excluding steroid dienone is 2. The van der Waals surface area contributed by atoms with Crippen molar-refractivity contribution < 1.29 is 23.9 Å². The van der Waals surface area contributed by atoms with Crippen LogP contribution in [0.15, 0.2) is 126 Å². The molecule has 0 atom stereocenters. The number of carbonyl (C=O) groups excluding carboxylic acids is 4. The minimum absolute atomic E-state index is 0. The summed E-state index contributed by atoms with van der Waals surface area (Å²) in [5, 5.41) is 0. The fraction of sp³-hybridized carbons (Fsp3) is 0.357. The molecule has 9 nitrogen and oxygen atoms in total. The summed E-state index contributed by atoms with van der Waals surface area (Å²) in [6.07, 6.45) is 18.4. The molecule has 292 valence electrons. The summed E-state index contributed by atoms with van der Waals surface area (Å²) in [5.74, 6) is -0.170. The lowest BCUT2D eigenvalue weighted by Gasteiger charge is -2.05. The molecule has 0 aliphatic carbocycles. The number of aromatic nitrogens is 2. The number of imidazole rings is 1. The second-order valence-corrected chi connectivity index (χ2v) is 8.71. The van der Waals surface area contributed by atoms with Crippen LogP contribution in [0.2, 0.25) is 0 Å². The number of ketones is 1. The van der Waals surface area contributed by atoms with E-state index in [1.54, 1.807) is 54.6 Å². The number of likely N-dealkylation sites (tertiary alicyclic amines) is 1. The maximum atomic E-state index is 10.7. The Labute approximate surface area is 314 Å². The van der Waals surface area contributed by atoms with E-state index < -0.39 is 0 Å². The van der Waals surface area contributed by atoms with Crippen molar-refractivity contribution in [3.05, 3.63) is 131 Å². The molecule has 1 fully saturated rings. The van der Waals surface area contributed by atoms with Gasteiger partial charge in [0, 0.05) is 51.7 Å². The van der Waals surface area contributed by atoms with Gasteiger partial charge in [0.1, 0.15) is 0 Å². The first-order valence-electron chi connectivity index (χ1n) is 14.4. The number of amides is 2. The fourth-order valence-electron chi connectivity index (χ4n) is 2.27. The van der Waals surface area contributed by atoms with Crippen LogP contribution >= 0.6 is 0 Å². The Kier molecular flexibility index (Phi) is 68.5. The molecule has 2 amide bonds. The highest BCUT2D eigenvalue weighted by molar-refractivity contribution is 5.86. The van der Waals surface area contributed by atoms with Gasteiger partial charge in [0.15, 0.2) is 5.78 Å². The maximum Gasteiger partial charge on any atom is 0.330 e. The summed E-state index contributed by atoms with van der Waals surface area (Å²) >= 11 is 0. The number of ether oxygens (including phenoxy) is 1. The molecule has 0 N–H and O–H groups in total. The van der Waals surface area contributed by atoms with E-state index in [1.807, 2.05) is 56.5 Å². The van der Waals surface area contributed by atoms with Crippen molar-refractivity contribution in [2.75, 3.05) is 27.2 Å². The van der Waals surface area contributed by atoms with E-state index >= 15 is 0 Å². The number of esters is 1. The van der Waals surface area contributed by atoms with E-state index in [4.69, 9.17) is 0 Å². The Morgan fingerprint density at radius 3 is 1.59 bits per heavy atom. The quantitative estimate of drug-likeness (QED) is 0.153. The van der Waals surface area contributed by atoms with E-state index in [-0.39, 0.29) is 60.7 Å². The van der Waals surface area contributed by atoms with Crippen LogP contribution in [0.1, 0.15) is 82.7 Å². The molecule has 1 aromatic heterocycles. The average molecular weight is 715 g/mol. The predicted molar refractivity (Wildman–Crippen MR) is 227 cm³/mol. The van der Waals surface area contributed by atoms with Crippen LogP contribution in [0.5, 0.6) is 0 Å². The highest BCUT2D eigenvalue weighted by atomic mass is 16.5. The van der Waals surface area contributed by atoms with Crippen molar-refractivity contribution in [1.82, 2.24) is 19.4 Å². The Balaban J connectivity index is -0.0000000575. The number of likely N-dealkylation sites (N-methyl/N-ethyl adjacent to an activating group) is 1. The number of hydrogen-bond acceptors (Lipinski definition) is 6. The minimum atomic E-state index is -0.341. The van der Waals surface area contributed by atoms with Crippen molar-refractivity contribution in [3.63, 3.8) is 0 Å². The Morgan fingerprint density at radius 1 is 0.882 bits per heavy atom. The van der Waals surface area contributed by atoms with Gasteiger partial charge < -0.3 is 19.1 Å². The average Bonchev–Trinajstić information content (AvgIpc) is 3.77. The summed E-state index contributed by atoms with van der Waals surface area (Å²) < 4.78 is 6.36. The molecule has 0 spiro atoms. The Bertz CT molecular complexity index is 1160. The zero-order valence-corrected chi connectivity index (χ0v) is 28.5. The first kappa shape index (κ1) is 67.8. The largest absolute Gasteiger partial charge is 0.463 e. The standard InChI is InChI=1S/C8H8.C6H9NO.C6H10O2.C5H6N2.C5H9NO.C4H6O.C3H6.5CH4/c1-2-8-6-4-3-5-7-8;1-2-7-5-3-4-6(7)8;1-3-5-8-6(7)4-2;1-2-7-4-3-6-5-7;1-4-5(7)6(2)3;1-3-4(2)5;1-3-2;;;;;/h2-7H,1H2;2H,1,3-5H2;4H,2-3,5H2,1H3;2-5H,1H2;4H,1H2,2-3H3;3H,1H2,2H3;3H,1H2,2H3;5*1H4. The smallest absolute Gasteiger partial charge is 0.330 e. The van der Waals surface area contributed by atoms with Gasteiger partial charge in [-0.05, 0) is 50.6 Å². The van der Waals surface area contributed by atoms with Gasteiger partial charge in [-0.15, -0.1) is 6.58 Å². The van der Waals surface area contributed by atoms with E-state index in [1.165, 1.54) is 29.5 Å². The first-order valence-corrected chi connectivity index (χ1v) is 14.4. The zero-order valence-electron chi connectivity index (χ0n) is 28.5. The molecule has 1 aliphatic heterocycles. The van der Waals surface area contributed by atoms with Gasteiger partial charge in [-0.1, -0.05) is 126 Å². The van der Waals surface area contributed by atoms with Crippen LogP contribution in [0.4, 0.5) is 0 Å². The third kappa shape index (κ3) is 51.7. The number of rotatable bonds is 8. The molecular weight excluding hydrogens is 640 g/mol. The van der Waals surface area contributed by atoms with Crippen molar-refractivity contribution in [2.24, 2.45) is 0 Å². The highest BCUT2D eigenvalue weighted by Gasteiger charge is 2.16. The van der Waals surface area contributed by atoms with Gasteiger partial charge in [0.2, 0.25) is 11.8 Å². The molecule has 0 bridgehead atoms. The summed E-state index contributed by atoms with van der Waals surface area (Å²) in [6, 6.07) is 10.0. The second kappa shape index (κ2) is 51.5. The third-order valence-corrected chi connectivity index (χ3v) is 4.62. The third-order valence-electron chi connectivity index (χ3n) is 4.62. The molecular formula is C42H74N4O5. The van der Waals surface area contributed by atoms with E-state index in [0.29, 0.717) is 13.0 Å². The number of hydrogen-bond donors (Lipinski definition) is 0. The van der Waals surface area contributed by atoms with Gasteiger partial charge in [0.05, 0.1) is 12.9 Å². The number of nitrogens with zero attached hydrogens (tertiary/aromatic N) is 4. The SMILES string of the molecule is C.C.C.C.C.C=CC.C=CC(=O)N(C)C.C=CC(=O)OCCC.C=CC(C)=O.C=CN1CCCC1=O.C=Cc1ccccc1.C=Cn1ccnc1. The number of benzene rings is 1. The van der Waals surface area contributed by atoms with Crippen LogP contribution in [-0.2, 0) is 23.9 Å². The van der Waals surface area contributed by atoms with E-state index in [2.05, 4.69) is 55.8 Å². The van der Waals surface area contributed by atoms with Crippen LogP contribution in [0.25, 0.3) is 12.3 Å². The Hall–Kier alpha value is -5.31. The summed E-state index contributed by atoms with van der Waals surface area (Å²) in [7, 11) is 3.37. The molecule has 51 heavy (non-hydrogen) atoms. The summed E-state index contributed by atoms with van der Waals surface area (Å²) in [5.41, 5.74) is 1.17. The second-order valence-electron chi connectivity index (χ2n) is 8.71. The highest BCUT2D eigenvalue weighted by Crippen LogP contribution is 2.08. The van der Waals surface area contributed by atoms with Crippen LogP contribution in [0, 0.1) is 0 Å². The van der Waals surface area contributed by atoms with Crippen LogP contribution < -0.4 is 0 Å². The van der Waals surface area contributed by atoms with Gasteiger partial charge in [-0.2, -0.15) is 0 Å². The predicted octanol–water partition coefficient (Wildman–Crippen LogP) is 10.6. The molecule has 9 heteroatoms. The van der Waals surface area contributed by atoms with Crippen molar-refractivity contribution in [1.29, 1.82) is 0 Å². The topological polar surface area (TPSA) is 102 Å². The molecule has 1 saturated heterocycles. The van der Waals surface area contributed by atoms with Crippen molar-refractivity contribution in [2.45, 2.75) is 77.2 Å². The van der Waals surface area contributed by atoms with Crippen LogP contribution in [-0.4, -0.2) is 70.2 Å². The molecule has 2 aromatic rings. The van der Waals surface area contributed by atoms with Gasteiger partial charge in [-0.25, -0.2) is 9.78 Å². The number of carbonyl (C=O) groups is 4. The Morgan fingerprint density at radius 2 is 1.39 bits per heavy atom.